The second kappa shape index (κ2) is 12.6. The van der Waals surface area contributed by atoms with Gasteiger partial charge in [0.2, 0.25) is 0 Å². The van der Waals surface area contributed by atoms with Crippen molar-refractivity contribution in [3.63, 3.8) is 0 Å². The first-order valence-corrected chi connectivity index (χ1v) is 12.6. The summed E-state index contributed by atoms with van der Waals surface area (Å²) in [4.78, 5) is 7.10. The molecular formula is C30H42N4. The number of aromatic nitrogens is 1. The predicted molar refractivity (Wildman–Crippen MR) is 147 cm³/mol. The van der Waals surface area contributed by atoms with E-state index in [1.54, 1.807) is 0 Å². The number of hydrogen-bond donors (Lipinski definition) is 2. The Hall–Kier alpha value is -2.85. The Balaban J connectivity index is 1.52. The molecule has 2 N–H and O–H groups in total. The normalized spacial score (nSPS) is 11.1. The average Bonchev–Trinajstić information content (AvgIpc) is 2.77. The Morgan fingerprint density at radius 2 is 1.15 bits per heavy atom. The summed E-state index contributed by atoms with van der Waals surface area (Å²) in [5.41, 5.74) is 11.7. The third-order valence-electron chi connectivity index (χ3n) is 6.37. The molecule has 0 spiro atoms. The van der Waals surface area contributed by atoms with Gasteiger partial charge in [0, 0.05) is 50.3 Å². The van der Waals surface area contributed by atoms with Crippen LogP contribution >= 0.6 is 0 Å². The van der Waals surface area contributed by atoms with Crippen molar-refractivity contribution in [1.29, 1.82) is 0 Å². The van der Waals surface area contributed by atoms with Crippen molar-refractivity contribution in [2.45, 2.75) is 60.9 Å². The maximum absolute atomic E-state index is 4.56. The molecule has 1 aromatic heterocycles. The van der Waals surface area contributed by atoms with Crippen LogP contribution in [0.2, 0.25) is 0 Å². The second-order valence-corrected chi connectivity index (χ2v) is 9.71. The lowest BCUT2D eigenvalue weighted by Gasteiger charge is -2.23. The Morgan fingerprint density at radius 3 is 1.56 bits per heavy atom. The zero-order valence-corrected chi connectivity index (χ0v) is 22.0. The van der Waals surface area contributed by atoms with Crippen molar-refractivity contribution in [2.24, 2.45) is 0 Å². The van der Waals surface area contributed by atoms with Gasteiger partial charge < -0.3 is 10.6 Å². The van der Waals surface area contributed by atoms with Gasteiger partial charge in [0.05, 0.1) is 5.69 Å². The fourth-order valence-corrected chi connectivity index (χ4v) is 4.94. The molecule has 0 radical (unpaired) electrons. The maximum Gasteiger partial charge on any atom is 0.0543 e. The van der Waals surface area contributed by atoms with E-state index in [4.69, 9.17) is 0 Å². The van der Waals surface area contributed by atoms with Crippen LogP contribution in [0.15, 0.2) is 48.7 Å². The number of benzene rings is 2. The number of nitrogens with zero attached hydrogens (tertiary/aromatic N) is 2. The summed E-state index contributed by atoms with van der Waals surface area (Å²) in [5, 5.41) is 7.36. The molecule has 4 heteroatoms. The smallest absolute Gasteiger partial charge is 0.0543 e. The average molecular weight is 459 g/mol. The molecule has 0 bridgehead atoms. The summed E-state index contributed by atoms with van der Waals surface area (Å²) >= 11 is 0. The number of pyridine rings is 1. The number of aryl methyl sites for hydroxylation is 6. The van der Waals surface area contributed by atoms with Crippen molar-refractivity contribution in [3.8, 4) is 0 Å². The molecule has 1 heterocycles. The second-order valence-electron chi connectivity index (χ2n) is 9.71. The van der Waals surface area contributed by atoms with Crippen LogP contribution in [0.5, 0.6) is 0 Å². The molecule has 0 unspecified atom stereocenters. The highest BCUT2D eigenvalue weighted by Gasteiger charge is 2.09. The fourth-order valence-electron chi connectivity index (χ4n) is 4.94. The van der Waals surface area contributed by atoms with Crippen molar-refractivity contribution in [2.75, 3.05) is 36.8 Å². The quantitative estimate of drug-likeness (QED) is 0.295. The van der Waals surface area contributed by atoms with Crippen LogP contribution in [0.3, 0.4) is 0 Å². The van der Waals surface area contributed by atoms with E-state index in [9.17, 15) is 0 Å². The van der Waals surface area contributed by atoms with Crippen LogP contribution in [0.4, 0.5) is 11.4 Å². The number of nitrogens with one attached hydrogen (secondary N) is 2. The molecule has 0 atom stereocenters. The largest absolute Gasteiger partial charge is 0.385 e. The van der Waals surface area contributed by atoms with Gasteiger partial charge in [-0.3, -0.25) is 9.88 Å². The van der Waals surface area contributed by atoms with Crippen LogP contribution in [-0.2, 0) is 6.54 Å². The minimum atomic E-state index is 0.895. The van der Waals surface area contributed by atoms with Crippen molar-refractivity contribution in [3.05, 3.63) is 87.7 Å². The summed E-state index contributed by atoms with van der Waals surface area (Å²) in [5.74, 6) is 0. The lowest BCUT2D eigenvalue weighted by molar-refractivity contribution is 0.260. The highest BCUT2D eigenvalue weighted by Crippen LogP contribution is 2.23. The monoisotopic (exact) mass is 458 g/mol. The molecule has 2 aromatic carbocycles. The third-order valence-corrected chi connectivity index (χ3v) is 6.37. The minimum Gasteiger partial charge on any atom is -0.385 e. The predicted octanol–water partition coefficient (Wildman–Crippen LogP) is 6.74. The molecule has 0 fully saturated rings. The minimum absolute atomic E-state index is 0.895. The lowest BCUT2D eigenvalue weighted by atomic mass is 10.1. The fraction of sp³-hybridized carbons (Fsp3) is 0.433. The Labute approximate surface area is 206 Å². The maximum atomic E-state index is 4.56. The molecule has 4 nitrogen and oxygen atoms in total. The molecule has 0 aliphatic heterocycles. The van der Waals surface area contributed by atoms with Crippen molar-refractivity contribution in [1.82, 2.24) is 9.88 Å². The zero-order chi connectivity index (χ0) is 24.5. The highest BCUT2D eigenvalue weighted by molar-refractivity contribution is 5.58. The zero-order valence-electron chi connectivity index (χ0n) is 22.0. The van der Waals surface area contributed by atoms with Crippen LogP contribution in [0.1, 0.15) is 51.9 Å². The van der Waals surface area contributed by atoms with E-state index in [1.165, 1.54) is 44.8 Å². The van der Waals surface area contributed by atoms with Gasteiger partial charge in [-0.2, -0.15) is 0 Å². The van der Waals surface area contributed by atoms with Gasteiger partial charge in [-0.15, -0.1) is 0 Å². The van der Waals surface area contributed by atoms with E-state index < -0.39 is 0 Å². The molecule has 0 aliphatic rings. The molecule has 3 aromatic rings. The molecular weight excluding hydrogens is 416 g/mol. The SMILES string of the molecule is Cc1cc(C)c(NCCCN(CCCNc2c(C)cc(C)cc2C)Cc2ccccn2)c(C)c1. The van der Waals surface area contributed by atoms with Crippen LogP contribution in [0.25, 0.3) is 0 Å². The van der Waals surface area contributed by atoms with Crippen LogP contribution in [0, 0.1) is 41.5 Å². The number of rotatable bonds is 12. The first-order chi connectivity index (χ1) is 16.3. The molecule has 3 rings (SSSR count). The van der Waals surface area contributed by atoms with Crippen LogP contribution in [-0.4, -0.2) is 36.1 Å². The van der Waals surface area contributed by atoms with Crippen molar-refractivity contribution < 1.29 is 0 Å². The standard InChI is InChI=1S/C30H42N4/c1-22-17-24(3)29(25(4)18-22)32-13-9-15-34(21-28-11-7-8-12-31-28)16-10-14-33-30-26(5)19-23(2)20-27(30)6/h7-8,11-12,17-20,32-33H,9-10,13-16,21H2,1-6H3. The van der Waals surface area contributed by atoms with Gasteiger partial charge in [0.1, 0.15) is 0 Å². The van der Waals surface area contributed by atoms with Gasteiger partial charge in [-0.1, -0.05) is 41.5 Å². The molecule has 0 saturated carbocycles. The highest BCUT2D eigenvalue weighted by atomic mass is 15.1. The lowest BCUT2D eigenvalue weighted by Crippen LogP contribution is -2.28. The van der Waals surface area contributed by atoms with E-state index in [-0.39, 0.29) is 0 Å². The first kappa shape index (κ1) is 25.8. The van der Waals surface area contributed by atoms with Crippen LogP contribution < -0.4 is 10.6 Å². The Morgan fingerprint density at radius 1 is 0.676 bits per heavy atom. The van der Waals surface area contributed by atoms with Crippen molar-refractivity contribution >= 4 is 11.4 Å². The number of hydrogen-bond acceptors (Lipinski definition) is 4. The van der Waals surface area contributed by atoms with Gasteiger partial charge in [0.15, 0.2) is 0 Å². The number of anilines is 2. The molecule has 0 saturated heterocycles. The van der Waals surface area contributed by atoms with E-state index in [2.05, 4.69) is 98.5 Å². The molecule has 182 valence electrons. The van der Waals surface area contributed by atoms with E-state index in [1.807, 2.05) is 12.3 Å². The summed E-state index contributed by atoms with van der Waals surface area (Å²) in [7, 11) is 0. The first-order valence-electron chi connectivity index (χ1n) is 12.6. The Bertz CT molecular complexity index is 947. The molecule has 0 amide bonds. The van der Waals surface area contributed by atoms with Gasteiger partial charge in [-0.25, -0.2) is 0 Å². The van der Waals surface area contributed by atoms with Gasteiger partial charge in [0.25, 0.3) is 0 Å². The summed E-state index contributed by atoms with van der Waals surface area (Å²) < 4.78 is 0. The van der Waals surface area contributed by atoms with E-state index in [0.717, 1.165) is 51.3 Å². The molecule has 34 heavy (non-hydrogen) atoms. The van der Waals surface area contributed by atoms with Gasteiger partial charge >= 0.3 is 0 Å². The summed E-state index contributed by atoms with van der Waals surface area (Å²) in [6.07, 6.45) is 4.09. The van der Waals surface area contributed by atoms with E-state index >= 15 is 0 Å². The summed E-state index contributed by atoms with van der Waals surface area (Å²) in [6.45, 7) is 18.1. The third kappa shape index (κ3) is 7.59. The summed E-state index contributed by atoms with van der Waals surface area (Å²) in [6, 6.07) is 15.2. The molecule has 0 aliphatic carbocycles. The van der Waals surface area contributed by atoms with Gasteiger partial charge in [-0.05, 0) is 88.8 Å². The van der Waals surface area contributed by atoms with E-state index in [0.29, 0.717) is 0 Å². The Kier molecular flexibility index (Phi) is 9.52. The topological polar surface area (TPSA) is 40.2 Å².